The third-order valence-corrected chi connectivity index (χ3v) is 5.86. The Morgan fingerprint density at radius 2 is 1.75 bits per heavy atom. The lowest BCUT2D eigenvalue weighted by Gasteiger charge is -2.45. The van der Waals surface area contributed by atoms with Gasteiger partial charge >= 0.3 is 0 Å². The highest BCUT2D eigenvalue weighted by molar-refractivity contribution is 4.90. The van der Waals surface area contributed by atoms with Gasteiger partial charge in [-0.2, -0.15) is 0 Å². The van der Waals surface area contributed by atoms with E-state index in [2.05, 4.69) is 10.2 Å². The van der Waals surface area contributed by atoms with Gasteiger partial charge in [-0.3, -0.25) is 4.90 Å². The van der Waals surface area contributed by atoms with Crippen LogP contribution in [0, 0.1) is 11.8 Å². The molecule has 0 radical (unpaired) electrons. The monoisotopic (exact) mass is 280 g/mol. The van der Waals surface area contributed by atoms with Gasteiger partial charge in [0.2, 0.25) is 0 Å². The number of rotatable bonds is 6. The van der Waals surface area contributed by atoms with Crippen molar-refractivity contribution in [1.29, 1.82) is 0 Å². The van der Waals surface area contributed by atoms with Gasteiger partial charge in [0.05, 0.1) is 0 Å². The lowest BCUT2D eigenvalue weighted by Crippen LogP contribution is -2.54. The number of likely N-dealkylation sites (tertiary alicyclic amines) is 1. The summed E-state index contributed by atoms with van der Waals surface area (Å²) in [6.45, 7) is 4.07. The first-order chi connectivity index (χ1) is 9.85. The molecule has 3 nitrogen and oxygen atoms in total. The van der Waals surface area contributed by atoms with Crippen LogP contribution in [0.15, 0.2) is 0 Å². The molecule has 3 heteroatoms. The first-order valence-electron chi connectivity index (χ1n) is 8.93. The minimum atomic E-state index is 0.360. The Morgan fingerprint density at radius 1 is 0.950 bits per heavy atom. The summed E-state index contributed by atoms with van der Waals surface area (Å²) in [5, 5.41) is 13.1. The maximum absolute atomic E-state index is 9.26. The number of hydrogen-bond acceptors (Lipinski definition) is 3. The van der Waals surface area contributed by atoms with Crippen LogP contribution >= 0.6 is 0 Å². The molecule has 1 aliphatic heterocycles. The van der Waals surface area contributed by atoms with Crippen molar-refractivity contribution < 1.29 is 5.11 Å². The topological polar surface area (TPSA) is 35.5 Å². The van der Waals surface area contributed by atoms with Crippen molar-refractivity contribution in [1.82, 2.24) is 10.2 Å². The Kier molecular flexibility index (Phi) is 5.36. The van der Waals surface area contributed by atoms with Gasteiger partial charge < -0.3 is 10.4 Å². The fourth-order valence-corrected chi connectivity index (χ4v) is 4.38. The molecule has 2 aliphatic carbocycles. The molecule has 3 aliphatic rings. The summed E-state index contributed by atoms with van der Waals surface area (Å²) >= 11 is 0. The van der Waals surface area contributed by atoms with E-state index in [0.29, 0.717) is 18.6 Å². The summed E-state index contributed by atoms with van der Waals surface area (Å²) in [6, 6.07) is 1.52. The second kappa shape index (κ2) is 7.24. The van der Waals surface area contributed by atoms with Crippen LogP contribution in [0.5, 0.6) is 0 Å². The van der Waals surface area contributed by atoms with E-state index >= 15 is 0 Å². The second-order valence-corrected chi connectivity index (χ2v) is 7.41. The molecule has 0 amide bonds. The van der Waals surface area contributed by atoms with Crippen molar-refractivity contribution in [3.05, 3.63) is 0 Å². The average molecular weight is 280 g/mol. The Morgan fingerprint density at radius 3 is 2.40 bits per heavy atom. The highest BCUT2D eigenvalue weighted by Crippen LogP contribution is 2.30. The standard InChI is InChI=1S/C17H32N2O/c20-9-8-15-10-16(18-11-14-4-1-2-5-14)13-19(12-15)17-6-3-7-17/h14-18,20H,1-13H2. The molecule has 3 rings (SSSR count). The van der Waals surface area contributed by atoms with Gasteiger partial charge in [0.1, 0.15) is 0 Å². The van der Waals surface area contributed by atoms with Crippen LogP contribution in [0.3, 0.4) is 0 Å². The zero-order valence-electron chi connectivity index (χ0n) is 12.9. The smallest absolute Gasteiger partial charge is 0.0434 e. The van der Waals surface area contributed by atoms with E-state index in [1.165, 1.54) is 71.0 Å². The van der Waals surface area contributed by atoms with Crippen molar-refractivity contribution in [3.8, 4) is 0 Å². The molecule has 1 heterocycles. The van der Waals surface area contributed by atoms with Gasteiger partial charge in [0.15, 0.2) is 0 Å². The molecule has 3 fully saturated rings. The summed E-state index contributed by atoms with van der Waals surface area (Å²) in [5.41, 5.74) is 0. The predicted molar refractivity (Wildman–Crippen MR) is 82.8 cm³/mol. The number of aliphatic hydroxyl groups is 1. The molecule has 0 aromatic carbocycles. The summed E-state index contributed by atoms with van der Waals surface area (Å²) < 4.78 is 0. The molecule has 0 spiro atoms. The first kappa shape index (κ1) is 14.8. The lowest BCUT2D eigenvalue weighted by molar-refractivity contribution is 0.0500. The maximum Gasteiger partial charge on any atom is 0.0434 e. The van der Waals surface area contributed by atoms with Gasteiger partial charge in [-0.05, 0) is 56.9 Å². The third kappa shape index (κ3) is 3.75. The fraction of sp³-hybridized carbons (Fsp3) is 1.00. The Bertz CT molecular complexity index is 287. The van der Waals surface area contributed by atoms with E-state index in [4.69, 9.17) is 0 Å². The number of piperidine rings is 1. The van der Waals surface area contributed by atoms with Gasteiger partial charge in [-0.1, -0.05) is 19.3 Å². The van der Waals surface area contributed by atoms with Crippen molar-refractivity contribution in [2.75, 3.05) is 26.2 Å². The number of nitrogens with zero attached hydrogens (tertiary/aromatic N) is 1. The highest BCUT2D eigenvalue weighted by atomic mass is 16.3. The lowest BCUT2D eigenvalue weighted by atomic mass is 9.85. The van der Waals surface area contributed by atoms with E-state index in [0.717, 1.165) is 18.4 Å². The summed E-state index contributed by atoms with van der Waals surface area (Å²) in [6.07, 6.45) is 12.3. The van der Waals surface area contributed by atoms with Crippen LogP contribution in [0.4, 0.5) is 0 Å². The molecule has 2 saturated carbocycles. The van der Waals surface area contributed by atoms with Crippen LogP contribution < -0.4 is 5.32 Å². The molecule has 116 valence electrons. The van der Waals surface area contributed by atoms with Gasteiger partial charge in [0.25, 0.3) is 0 Å². The Balaban J connectivity index is 1.48. The van der Waals surface area contributed by atoms with E-state index in [1.807, 2.05) is 0 Å². The zero-order valence-corrected chi connectivity index (χ0v) is 12.9. The first-order valence-corrected chi connectivity index (χ1v) is 8.93. The minimum Gasteiger partial charge on any atom is -0.396 e. The molecule has 0 aromatic heterocycles. The Labute approximate surface area is 124 Å². The molecule has 2 atom stereocenters. The van der Waals surface area contributed by atoms with Crippen LogP contribution in [0.2, 0.25) is 0 Å². The summed E-state index contributed by atoms with van der Waals surface area (Å²) in [5.74, 6) is 1.64. The van der Waals surface area contributed by atoms with Gasteiger partial charge in [-0.25, -0.2) is 0 Å². The molecule has 2 N–H and O–H groups in total. The van der Waals surface area contributed by atoms with E-state index in [9.17, 15) is 5.11 Å². The minimum absolute atomic E-state index is 0.360. The predicted octanol–water partition coefficient (Wildman–Crippen LogP) is 2.39. The van der Waals surface area contributed by atoms with Crippen LogP contribution in [-0.2, 0) is 0 Å². The van der Waals surface area contributed by atoms with Gasteiger partial charge in [-0.15, -0.1) is 0 Å². The SMILES string of the molecule is OCCC1CC(NCC2CCCC2)CN(C2CCC2)C1. The third-order valence-electron chi connectivity index (χ3n) is 5.86. The summed E-state index contributed by atoms with van der Waals surface area (Å²) in [7, 11) is 0. The van der Waals surface area contributed by atoms with E-state index in [1.54, 1.807) is 0 Å². The number of hydrogen-bond donors (Lipinski definition) is 2. The second-order valence-electron chi connectivity index (χ2n) is 7.41. The van der Waals surface area contributed by atoms with Crippen molar-refractivity contribution in [2.45, 2.75) is 69.9 Å². The van der Waals surface area contributed by atoms with Crippen LogP contribution in [-0.4, -0.2) is 48.3 Å². The van der Waals surface area contributed by atoms with E-state index < -0.39 is 0 Å². The largest absolute Gasteiger partial charge is 0.396 e. The molecule has 0 bridgehead atoms. The maximum atomic E-state index is 9.26. The van der Waals surface area contributed by atoms with Crippen molar-refractivity contribution in [2.24, 2.45) is 11.8 Å². The summed E-state index contributed by atoms with van der Waals surface area (Å²) in [4.78, 5) is 2.72. The molecule has 0 aromatic rings. The fourth-order valence-electron chi connectivity index (χ4n) is 4.38. The molecular formula is C17H32N2O. The van der Waals surface area contributed by atoms with Crippen molar-refractivity contribution in [3.63, 3.8) is 0 Å². The molecule has 1 saturated heterocycles. The quantitative estimate of drug-likeness (QED) is 0.784. The normalized spacial score (nSPS) is 33.5. The van der Waals surface area contributed by atoms with Gasteiger partial charge in [0, 0.05) is 31.8 Å². The van der Waals surface area contributed by atoms with E-state index in [-0.39, 0.29) is 0 Å². The van der Waals surface area contributed by atoms with Crippen LogP contribution in [0.1, 0.15) is 57.8 Å². The molecule has 20 heavy (non-hydrogen) atoms. The highest BCUT2D eigenvalue weighted by Gasteiger charge is 2.33. The number of aliphatic hydroxyl groups excluding tert-OH is 1. The zero-order chi connectivity index (χ0) is 13.8. The Hall–Kier alpha value is -0.120. The molecule has 2 unspecified atom stereocenters. The van der Waals surface area contributed by atoms with Crippen LogP contribution in [0.25, 0.3) is 0 Å². The van der Waals surface area contributed by atoms with Crippen molar-refractivity contribution >= 4 is 0 Å². The number of nitrogens with one attached hydrogen (secondary N) is 1. The average Bonchev–Trinajstić information content (AvgIpc) is 2.87. The molecular weight excluding hydrogens is 248 g/mol.